The van der Waals surface area contributed by atoms with E-state index in [1.165, 1.54) is 9.80 Å². The quantitative estimate of drug-likeness (QED) is 0.0801. The molecule has 3 aliphatic rings. The number of carbonyl (C=O) groups is 6. The largest absolute Gasteiger partial charge is 0.444 e. The number of nitrogens with two attached hydrogens (primary N) is 3. The standard InChI is InChI=1S/C18H24BrFN4O4.C18H22BrFN4O3.C10H18FNO2.C7H8BrN3O.C2H6O.CO2/c1-10-9-11(19)22-13(14(21)25)12(10)23-15(26)18(20)5-7-24(8-6-18)16(27)28-17(2,3)4;1-10-9-11(19)21-13-12(10)22-15(23-14(13)25)18(20)5-7-24(8-6-18)16(26)27-17(2,3)4;1-10(2,3)14-9(13)12-6-4-8(11)5-7-12;1-3-2-4(8)11-6(5(3)9)7(10)12;1-2-3;2-1-3/h9H,5-8H2,1-4H3,(H2,21,25)(H,23,26);9H,5-8H2,1-4H3,(H,22,23,25);8H,4-7H2,1-3H3;2H,9H2,1H3,(H2,10,12);3H,2H2,1H3;. The number of primary amides is 2. The number of aliphatic hydroxyl groups excluding tert-OH is 1. The number of nitrogens with one attached hydrogen (secondary N) is 2. The summed E-state index contributed by atoms with van der Waals surface area (Å²) in [7, 11) is 0. The monoisotopic (exact) mass is 1420 g/mol. The number of aromatic amines is 1. The lowest BCUT2D eigenvalue weighted by molar-refractivity contribution is -0.191. The third-order valence-corrected chi connectivity index (χ3v) is 13.5. The number of piperidine rings is 3. The Balaban J connectivity index is 0.000000403. The number of pyridine rings is 3. The van der Waals surface area contributed by atoms with Gasteiger partial charge in [0, 0.05) is 71.6 Å². The molecular formula is C56H78Br3F3N12O13. The van der Waals surface area contributed by atoms with Crippen molar-refractivity contribution < 1.29 is 70.8 Å². The van der Waals surface area contributed by atoms with Crippen molar-refractivity contribution in [3.8, 4) is 0 Å². The van der Waals surface area contributed by atoms with Gasteiger partial charge in [0.15, 0.2) is 28.2 Å². The molecule has 3 aliphatic heterocycles. The first-order chi connectivity index (χ1) is 40.0. The Labute approximate surface area is 527 Å². The molecule has 4 aromatic rings. The molecule has 4 aromatic heterocycles. The minimum atomic E-state index is -2.19. The first kappa shape index (κ1) is 76.3. The molecule has 0 radical (unpaired) electrons. The van der Waals surface area contributed by atoms with Crippen LogP contribution in [0.25, 0.3) is 11.0 Å². The summed E-state index contributed by atoms with van der Waals surface area (Å²) >= 11 is 9.54. The van der Waals surface area contributed by atoms with Crippen molar-refractivity contribution in [1.82, 2.24) is 39.6 Å². The van der Waals surface area contributed by atoms with Crippen LogP contribution in [-0.4, -0.2) is 161 Å². The highest BCUT2D eigenvalue weighted by atomic mass is 79.9. The Bertz CT molecular complexity index is 3160. The van der Waals surface area contributed by atoms with Gasteiger partial charge in [-0.15, -0.1) is 0 Å². The summed E-state index contributed by atoms with van der Waals surface area (Å²) in [5.41, 5.74) is 12.7. The minimum absolute atomic E-state index is 0.0175. The third-order valence-electron chi connectivity index (χ3n) is 12.3. The van der Waals surface area contributed by atoms with E-state index >= 15 is 8.78 Å². The van der Waals surface area contributed by atoms with E-state index in [1.807, 2.05) is 20.8 Å². The highest BCUT2D eigenvalue weighted by molar-refractivity contribution is 9.11. The van der Waals surface area contributed by atoms with E-state index in [0.29, 0.717) is 56.5 Å². The van der Waals surface area contributed by atoms with Crippen molar-refractivity contribution >= 4 is 112 Å². The van der Waals surface area contributed by atoms with Gasteiger partial charge in [-0.2, -0.15) is 9.59 Å². The van der Waals surface area contributed by atoms with Crippen LogP contribution in [0.2, 0.25) is 0 Å². The second kappa shape index (κ2) is 33.0. The van der Waals surface area contributed by atoms with E-state index in [-0.39, 0.29) is 99.1 Å². The number of aryl methyl sites for hydroxylation is 3. The molecule has 0 saturated carbocycles. The zero-order chi connectivity index (χ0) is 66.7. The normalized spacial score (nSPS) is 15.4. The Morgan fingerprint density at radius 1 is 0.667 bits per heavy atom. The number of anilines is 2. The predicted octanol–water partition coefficient (Wildman–Crippen LogP) is 9.12. The highest BCUT2D eigenvalue weighted by Crippen LogP contribution is 2.36. The Morgan fingerprint density at radius 3 is 1.45 bits per heavy atom. The lowest BCUT2D eigenvalue weighted by Crippen LogP contribution is -2.51. The molecule has 0 bridgehead atoms. The van der Waals surface area contributed by atoms with E-state index in [1.54, 1.807) is 92.3 Å². The van der Waals surface area contributed by atoms with Gasteiger partial charge >= 0.3 is 24.4 Å². The molecule has 0 aromatic carbocycles. The van der Waals surface area contributed by atoms with Crippen LogP contribution in [0.1, 0.15) is 151 Å². The average Bonchev–Trinajstić information content (AvgIpc) is 1.08. The highest BCUT2D eigenvalue weighted by Gasteiger charge is 2.44. The zero-order valence-electron chi connectivity index (χ0n) is 51.0. The third kappa shape index (κ3) is 24.7. The van der Waals surface area contributed by atoms with Crippen LogP contribution in [0, 0.1) is 20.8 Å². The topological polar surface area (TPSA) is 369 Å². The van der Waals surface area contributed by atoms with Gasteiger partial charge in [0.1, 0.15) is 42.6 Å². The molecule has 0 aliphatic carbocycles. The first-order valence-electron chi connectivity index (χ1n) is 27.2. The summed E-state index contributed by atoms with van der Waals surface area (Å²) in [5, 5.41) is 10.0. The van der Waals surface area contributed by atoms with Crippen molar-refractivity contribution in [2.24, 2.45) is 11.5 Å². The fourth-order valence-electron chi connectivity index (χ4n) is 8.03. The summed E-state index contributed by atoms with van der Waals surface area (Å²) in [6.45, 7) is 24.6. The second-order valence-corrected chi connectivity index (χ2v) is 25.4. The van der Waals surface area contributed by atoms with E-state index in [4.69, 9.17) is 46.1 Å². The van der Waals surface area contributed by atoms with E-state index in [0.717, 1.165) is 11.1 Å². The number of H-pyrrole nitrogens is 1. The summed E-state index contributed by atoms with van der Waals surface area (Å²) in [5.74, 6) is -2.37. The van der Waals surface area contributed by atoms with Crippen molar-refractivity contribution in [3.05, 3.63) is 76.3 Å². The van der Waals surface area contributed by atoms with Gasteiger partial charge in [0.05, 0.1) is 16.9 Å². The number of hydrogen-bond acceptors (Lipinski definition) is 18. The minimum Gasteiger partial charge on any atom is -0.444 e. The zero-order valence-corrected chi connectivity index (χ0v) is 55.7. The SMILES string of the molecule is CC(C)(C)OC(=O)N1CCC(F)CC1.CCO.Cc1cc(Br)nc(C(N)=O)c1N.Cc1cc(Br)nc(C(N)=O)c1NC(=O)C1(F)CCN(C(=O)OC(C)(C)C)CC1.Cc1cc(Br)nc2c(=O)[nH]c(C3(F)CCN(C(=O)OC(C)(C)C)CC3)nc12.O=C=O. The van der Waals surface area contributed by atoms with Gasteiger partial charge < -0.3 is 61.5 Å². The van der Waals surface area contributed by atoms with Crippen LogP contribution in [0.15, 0.2) is 36.8 Å². The number of alkyl halides is 3. The summed E-state index contributed by atoms with van der Waals surface area (Å²) in [6, 6.07) is 5.04. The van der Waals surface area contributed by atoms with Gasteiger partial charge in [-0.3, -0.25) is 19.2 Å². The molecule has 6 amide bonds. The van der Waals surface area contributed by atoms with Gasteiger partial charge in [-0.1, -0.05) is 0 Å². The number of aromatic nitrogens is 5. The molecule has 7 rings (SSSR count). The van der Waals surface area contributed by atoms with Crippen LogP contribution < -0.4 is 28.1 Å². The number of nitrogen functional groups attached to an aromatic ring is 1. The number of likely N-dealkylation sites (tertiary alicyclic amines) is 3. The van der Waals surface area contributed by atoms with E-state index < -0.39 is 69.8 Å². The molecule has 87 heavy (non-hydrogen) atoms. The summed E-state index contributed by atoms with van der Waals surface area (Å²) < 4.78 is 60.8. The molecule has 0 unspecified atom stereocenters. The predicted molar refractivity (Wildman–Crippen MR) is 326 cm³/mol. The fourth-order valence-corrected chi connectivity index (χ4v) is 9.59. The summed E-state index contributed by atoms with van der Waals surface area (Å²) in [6.07, 6.45) is -1.29. The van der Waals surface area contributed by atoms with Gasteiger partial charge in [0.2, 0.25) is 0 Å². The number of aliphatic hydroxyl groups is 1. The van der Waals surface area contributed by atoms with Crippen LogP contribution >= 0.6 is 47.8 Å². The van der Waals surface area contributed by atoms with E-state index in [2.05, 4.69) is 78.0 Å². The smallest absolute Gasteiger partial charge is 0.410 e. The number of rotatable bonds is 5. The number of halogens is 6. The first-order valence-corrected chi connectivity index (χ1v) is 29.6. The maximum Gasteiger partial charge on any atom is 0.410 e. The molecule has 0 atom stereocenters. The van der Waals surface area contributed by atoms with Gasteiger partial charge in [-0.05, 0) is 186 Å². The number of amides is 6. The number of ether oxygens (including phenoxy) is 3. The Hall–Kier alpha value is -6.82. The Kier molecular flexibility index (Phi) is 28.9. The van der Waals surface area contributed by atoms with Crippen molar-refractivity contribution in [2.45, 2.75) is 163 Å². The number of nitrogens with zero attached hydrogens (tertiary/aromatic N) is 7. The lowest BCUT2D eigenvalue weighted by Gasteiger charge is -2.36. The Morgan fingerprint density at radius 2 is 1.03 bits per heavy atom. The van der Waals surface area contributed by atoms with Gasteiger partial charge in [-0.25, -0.2) is 47.5 Å². The molecular weight excluding hydrogens is 1350 g/mol. The second-order valence-electron chi connectivity index (χ2n) is 23.0. The number of fused-ring (bicyclic) bond motifs is 1. The molecule has 3 saturated heterocycles. The summed E-state index contributed by atoms with van der Waals surface area (Å²) in [4.78, 5) is 123. The van der Waals surface area contributed by atoms with Crippen molar-refractivity contribution in [3.63, 3.8) is 0 Å². The number of carbonyl (C=O) groups excluding carboxylic acids is 8. The molecule has 31 heteroatoms. The average molecular weight is 1420 g/mol. The van der Waals surface area contributed by atoms with Crippen LogP contribution in [0.4, 0.5) is 38.9 Å². The van der Waals surface area contributed by atoms with Crippen molar-refractivity contribution in [2.75, 3.05) is 56.9 Å². The van der Waals surface area contributed by atoms with Gasteiger partial charge in [0.25, 0.3) is 23.3 Å². The fraction of sp³-hybridized carbons (Fsp3) is 0.571. The molecule has 9 N–H and O–H groups in total. The molecule has 7 heterocycles. The molecule has 482 valence electrons. The van der Waals surface area contributed by atoms with Crippen LogP contribution in [0.3, 0.4) is 0 Å². The maximum absolute atomic E-state index is 15.6. The maximum atomic E-state index is 15.6. The van der Waals surface area contributed by atoms with Crippen LogP contribution in [-0.2, 0) is 34.3 Å². The molecule has 3 fully saturated rings. The lowest BCUT2D eigenvalue weighted by atomic mass is 9.92. The molecule has 25 nitrogen and oxygen atoms in total. The van der Waals surface area contributed by atoms with Crippen LogP contribution in [0.5, 0.6) is 0 Å². The molecule has 0 spiro atoms. The van der Waals surface area contributed by atoms with E-state index in [9.17, 15) is 38.0 Å². The van der Waals surface area contributed by atoms with Crippen molar-refractivity contribution in [1.29, 1.82) is 0 Å². The number of hydrogen-bond donors (Lipinski definition) is 6.